The molecular weight excluding hydrogens is 300 g/mol. The number of nitrogens with two attached hydrogens (primary N) is 1. The number of ether oxygens (including phenoxy) is 1. The molecule has 0 bridgehead atoms. The van der Waals surface area contributed by atoms with Crippen molar-refractivity contribution in [2.24, 2.45) is 5.73 Å². The van der Waals surface area contributed by atoms with Crippen molar-refractivity contribution in [2.45, 2.75) is 45.1 Å². The molecule has 0 aliphatic heterocycles. The Morgan fingerprint density at radius 2 is 1.91 bits per heavy atom. The van der Waals surface area contributed by atoms with Gasteiger partial charge < -0.3 is 15.4 Å². The van der Waals surface area contributed by atoms with Gasteiger partial charge in [-0.3, -0.25) is 4.79 Å². The third-order valence-electron chi connectivity index (χ3n) is 3.72. The standard InChI is InChI=1S/C17H28N2O2.ClH/c1-5-12-17(2,18)16(20)19(3)13-6-7-14-8-10-15(21-4)11-9-14;/h8-11H,5-7,12-13,18H2,1-4H3;1H. The van der Waals surface area contributed by atoms with Crippen LogP contribution in [0.2, 0.25) is 0 Å². The number of hydrogen-bond donors (Lipinski definition) is 1. The van der Waals surface area contributed by atoms with Gasteiger partial charge in [0.05, 0.1) is 12.6 Å². The van der Waals surface area contributed by atoms with Gasteiger partial charge >= 0.3 is 0 Å². The molecule has 2 N–H and O–H groups in total. The molecule has 0 aromatic heterocycles. The summed E-state index contributed by atoms with van der Waals surface area (Å²) >= 11 is 0. The lowest BCUT2D eigenvalue weighted by molar-refractivity contribution is -0.135. The minimum atomic E-state index is -0.746. The monoisotopic (exact) mass is 328 g/mol. The number of carbonyl (C=O) groups excluding carboxylic acids is 1. The molecule has 1 amide bonds. The average Bonchev–Trinajstić information content (AvgIpc) is 2.47. The van der Waals surface area contributed by atoms with Crippen molar-refractivity contribution in [3.8, 4) is 5.75 Å². The van der Waals surface area contributed by atoms with Crippen molar-refractivity contribution in [3.05, 3.63) is 29.8 Å². The van der Waals surface area contributed by atoms with Gasteiger partial charge in [-0.15, -0.1) is 12.4 Å². The lowest BCUT2D eigenvalue weighted by atomic mass is 9.96. The van der Waals surface area contributed by atoms with Gasteiger partial charge in [-0.25, -0.2) is 0 Å². The first kappa shape index (κ1) is 20.7. The topological polar surface area (TPSA) is 55.6 Å². The molecule has 0 heterocycles. The minimum absolute atomic E-state index is 0. The normalized spacial score (nSPS) is 13.0. The van der Waals surface area contributed by atoms with E-state index in [1.54, 1.807) is 12.0 Å². The lowest BCUT2D eigenvalue weighted by Crippen LogP contribution is -2.52. The van der Waals surface area contributed by atoms with E-state index in [2.05, 4.69) is 12.1 Å². The van der Waals surface area contributed by atoms with Crippen LogP contribution in [-0.2, 0) is 11.2 Å². The fraction of sp³-hybridized carbons (Fsp3) is 0.588. The Morgan fingerprint density at radius 1 is 1.32 bits per heavy atom. The Labute approximate surface area is 140 Å². The van der Waals surface area contributed by atoms with Crippen molar-refractivity contribution in [1.29, 1.82) is 0 Å². The minimum Gasteiger partial charge on any atom is -0.497 e. The highest BCUT2D eigenvalue weighted by Gasteiger charge is 2.29. The van der Waals surface area contributed by atoms with Crippen LogP contribution in [0.3, 0.4) is 0 Å². The van der Waals surface area contributed by atoms with E-state index in [4.69, 9.17) is 10.5 Å². The number of amides is 1. The fourth-order valence-electron chi connectivity index (χ4n) is 2.48. The SMILES string of the molecule is CCCC(C)(N)C(=O)N(C)CCCc1ccc(OC)cc1.Cl. The molecule has 1 aromatic carbocycles. The second-order valence-electron chi connectivity index (χ2n) is 5.85. The summed E-state index contributed by atoms with van der Waals surface area (Å²) in [5.74, 6) is 0.892. The van der Waals surface area contributed by atoms with Crippen LogP contribution in [0.1, 0.15) is 38.7 Å². The molecule has 0 aliphatic carbocycles. The summed E-state index contributed by atoms with van der Waals surface area (Å²) in [4.78, 5) is 14.0. The lowest BCUT2D eigenvalue weighted by Gasteiger charge is -2.29. The van der Waals surface area contributed by atoms with Gasteiger partial charge in [-0.1, -0.05) is 25.5 Å². The quantitative estimate of drug-likeness (QED) is 0.798. The summed E-state index contributed by atoms with van der Waals surface area (Å²) in [6.45, 7) is 4.59. The van der Waals surface area contributed by atoms with Gasteiger partial charge in [-0.05, 0) is 43.9 Å². The Hall–Kier alpha value is -1.26. The first-order valence-electron chi connectivity index (χ1n) is 7.58. The van der Waals surface area contributed by atoms with Crippen LogP contribution in [0, 0.1) is 0 Å². The van der Waals surface area contributed by atoms with E-state index in [0.29, 0.717) is 6.42 Å². The van der Waals surface area contributed by atoms with Crippen LogP contribution < -0.4 is 10.5 Å². The van der Waals surface area contributed by atoms with Gasteiger partial charge in [0.25, 0.3) is 0 Å². The molecule has 0 saturated heterocycles. The molecule has 0 saturated carbocycles. The van der Waals surface area contributed by atoms with Gasteiger partial charge in [0.1, 0.15) is 5.75 Å². The predicted molar refractivity (Wildman–Crippen MR) is 93.7 cm³/mol. The van der Waals surface area contributed by atoms with Crippen molar-refractivity contribution in [2.75, 3.05) is 20.7 Å². The zero-order valence-electron chi connectivity index (χ0n) is 14.1. The van der Waals surface area contributed by atoms with E-state index in [-0.39, 0.29) is 18.3 Å². The van der Waals surface area contributed by atoms with Gasteiger partial charge in [-0.2, -0.15) is 0 Å². The van der Waals surface area contributed by atoms with Crippen LogP contribution in [0.4, 0.5) is 0 Å². The number of hydrogen-bond acceptors (Lipinski definition) is 3. The molecule has 0 aliphatic rings. The second kappa shape index (κ2) is 9.70. The van der Waals surface area contributed by atoms with Crippen molar-refractivity contribution in [3.63, 3.8) is 0 Å². The number of nitrogens with zero attached hydrogens (tertiary/aromatic N) is 1. The van der Waals surface area contributed by atoms with E-state index in [9.17, 15) is 4.79 Å². The molecule has 4 nitrogen and oxygen atoms in total. The smallest absolute Gasteiger partial charge is 0.242 e. The van der Waals surface area contributed by atoms with E-state index in [1.165, 1.54) is 5.56 Å². The van der Waals surface area contributed by atoms with Crippen molar-refractivity contribution < 1.29 is 9.53 Å². The molecule has 1 rings (SSSR count). The molecule has 1 unspecified atom stereocenters. The van der Waals surface area contributed by atoms with Crippen LogP contribution in [0.25, 0.3) is 0 Å². The Morgan fingerprint density at radius 3 is 2.41 bits per heavy atom. The summed E-state index contributed by atoms with van der Waals surface area (Å²) < 4.78 is 5.14. The molecular formula is C17H29ClN2O2. The maximum atomic E-state index is 12.3. The number of likely N-dealkylation sites (N-methyl/N-ethyl adjacent to an activating group) is 1. The number of benzene rings is 1. The Kier molecular flexibility index (Phi) is 9.14. The van der Waals surface area contributed by atoms with Crippen molar-refractivity contribution in [1.82, 2.24) is 4.90 Å². The largest absolute Gasteiger partial charge is 0.497 e. The number of aryl methyl sites for hydroxylation is 1. The highest BCUT2D eigenvalue weighted by molar-refractivity contribution is 5.85. The molecule has 22 heavy (non-hydrogen) atoms. The molecule has 126 valence electrons. The molecule has 1 atom stereocenters. The van der Waals surface area contributed by atoms with E-state index < -0.39 is 5.54 Å². The average molecular weight is 329 g/mol. The van der Waals surface area contributed by atoms with Crippen LogP contribution >= 0.6 is 12.4 Å². The first-order valence-corrected chi connectivity index (χ1v) is 7.58. The molecule has 0 spiro atoms. The maximum Gasteiger partial charge on any atom is 0.242 e. The number of carbonyl (C=O) groups is 1. The van der Waals surface area contributed by atoms with E-state index >= 15 is 0 Å². The number of rotatable bonds is 8. The second-order valence-corrected chi connectivity index (χ2v) is 5.85. The first-order chi connectivity index (χ1) is 9.90. The summed E-state index contributed by atoms with van der Waals surface area (Å²) in [5, 5.41) is 0. The van der Waals surface area contributed by atoms with Crippen LogP contribution in [0.5, 0.6) is 5.75 Å². The summed E-state index contributed by atoms with van der Waals surface area (Å²) in [7, 11) is 3.49. The summed E-state index contributed by atoms with van der Waals surface area (Å²) in [6, 6.07) is 8.04. The van der Waals surface area contributed by atoms with E-state index in [0.717, 1.165) is 31.6 Å². The fourth-order valence-corrected chi connectivity index (χ4v) is 2.48. The molecule has 0 fully saturated rings. The molecule has 5 heteroatoms. The Balaban J connectivity index is 0.00000441. The summed E-state index contributed by atoms with van der Waals surface area (Å²) in [6.07, 6.45) is 3.50. The predicted octanol–water partition coefficient (Wildman–Crippen LogP) is 3.03. The Bertz CT molecular complexity index is 446. The maximum absolute atomic E-state index is 12.3. The van der Waals surface area contributed by atoms with E-state index in [1.807, 2.05) is 33.0 Å². The van der Waals surface area contributed by atoms with Gasteiger partial charge in [0.15, 0.2) is 0 Å². The highest BCUT2D eigenvalue weighted by atomic mass is 35.5. The molecule has 0 radical (unpaired) electrons. The van der Waals surface area contributed by atoms with Crippen LogP contribution in [0.15, 0.2) is 24.3 Å². The third kappa shape index (κ3) is 6.24. The third-order valence-corrected chi connectivity index (χ3v) is 3.72. The summed E-state index contributed by atoms with van der Waals surface area (Å²) in [5.41, 5.74) is 6.59. The number of halogens is 1. The zero-order valence-corrected chi connectivity index (χ0v) is 14.9. The van der Waals surface area contributed by atoms with Crippen molar-refractivity contribution >= 4 is 18.3 Å². The van der Waals surface area contributed by atoms with Gasteiger partial charge in [0, 0.05) is 13.6 Å². The molecule has 1 aromatic rings. The highest BCUT2D eigenvalue weighted by Crippen LogP contribution is 2.14. The van der Waals surface area contributed by atoms with Crippen LogP contribution in [-0.4, -0.2) is 37.0 Å². The number of methoxy groups -OCH3 is 1. The van der Waals surface area contributed by atoms with Gasteiger partial charge in [0.2, 0.25) is 5.91 Å². The zero-order chi connectivity index (χ0) is 15.9.